The summed E-state index contributed by atoms with van der Waals surface area (Å²) in [5.41, 5.74) is 2.22. The molecule has 0 bridgehead atoms. The molecule has 0 saturated carbocycles. The third kappa shape index (κ3) is 3.65. The molecule has 5 rings (SSSR count). The molecule has 0 atom stereocenters. The number of rotatable bonds is 4. The van der Waals surface area contributed by atoms with E-state index >= 15 is 0 Å². The third-order valence-corrected chi connectivity index (χ3v) is 6.13. The number of thiazole rings is 1. The Balaban J connectivity index is 1.59. The lowest BCUT2D eigenvalue weighted by molar-refractivity contribution is 0.0985. The van der Waals surface area contributed by atoms with Gasteiger partial charge >= 0.3 is 0 Å². The van der Waals surface area contributed by atoms with Crippen molar-refractivity contribution in [1.82, 2.24) is 9.97 Å². The van der Waals surface area contributed by atoms with Gasteiger partial charge in [-0.1, -0.05) is 59.3 Å². The van der Waals surface area contributed by atoms with Crippen LogP contribution in [0.5, 0.6) is 0 Å². The smallest absolute Gasteiger partial charge is 0.260 e. The highest BCUT2D eigenvalue weighted by molar-refractivity contribution is 7.22. The van der Waals surface area contributed by atoms with Crippen LogP contribution in [-0.4, -0.2) is 15.9 Å². The number of amides is 1. The van der Waals surface area contributed by atoms with Crippen LogP contribution in [0, 0.1) is 0 Å². The van der Waals surface area contributed by atoms with E-state index in [1.165, 1.54) is 11.3 Å². The number of carbonyl (C=O) groups excluding carboxylic acids is 1. The summed E-state index contributed by atoms with van der Waals surface area (Å²) in [6, 6.07) is 25.0. The fraction of sp³-hybridized carbons (Fsp3) is 0.0417. The SMILES string of the molecule is O=C(c1ccc2ccccc2c1)N(Cc1ccccn1)c1nc2ccc(Cl)cc2s1. The van der Waals surface area contributed by atoms with E-state index in [1.54, 1.807) is 11.1 Å². The highest BCUT2D eigenvalue weighted by Crippen LogP contribution is 2.32. The summed E-state index contributed by atoms with van der Waals surface area (Å²) in [6.07, 6.45) is 1.73. The first-order valence-corrected chi connectivity index (χ1v) is 10.6. The fourth-order valence-electron chi connectivity index (χ4n) is 3.36. The van der Waals surface area contributed by atoms with Crippen molar-refractivity contribution in [3.05, 3.63) is 101 Å². The molecule has 0 N–H and O–H groups in total. The molecule has 30 heavy (non-hydrogen) atoms. The summed E-state index contributed by atoms with van der Waals surface area (Å²) in [5, 5.41) is 3.39. The van der Waals surface area contributed by atoms with E-state index in [2.05, 4.69) is 4.98 Å². The van der Waals surface area contributed by atoms with Crippen LogP contribution >= 0.6 is 22.9 Å². The van der Waals surface area contributed by atoms with Gasteiger partial charge in [0, 0.05) is 16.8 Å². The minimum Gasteiger partial charge on any atom is -0.278 e. The monoisotopic (exact) mass is 429 g/mol. The van der Waals surface area contributed by atoms with E-state index < -0.39 is 0 Å². The number of benzene rings is 3. The van der Waals surface area contributed by atoms with Crippen molar-refractivity contribution in [2.75, 3.05) is 4.90 Å². The minimum atomic E-state index is -0.114. The first-order valence-electron chi connectivity index (χ1n) is 9.44. The maximum Gasteiger partial charge on any atom is 0.260 e. The molecule has 0 unspecified atom stereocenters. The Kier molecular flexibility index (Phi) is 4.91. The molecule has 0 aliphatic heterocycles. The van der Waals surface area contributed by atoms with Crippen LogP contribution in [-0.2, 0) is 6.54 Å². The molecule has 146 valence electrons. The molecule has 6 heteroatoms. The van der Waals surface area contributed by atoms with Crippen molar-refractivity contribution in [3.8, 4) is 0 Å². The van der Waals surface area contributed by atoms with Gasteiger partial charge < -0.3 is 0 Å². The van der Waals surface area contributed by atoms with Gasteiger partial charge in [-0.15, -0.1) is 0 Å². The first-order chi connectivity index (χ1) is 14.7. The standard InChI is InChI=1S/C24H16ClN3OS/c25-19-10-11-21-22(14-19)30-24(27-21)28(15-20-7-3-4-12-26-20)23(29)18-9-8-16-5-1-2-6-17(16)13-18/h1-14H,15H2. The topological polar surface area (TPSA) is 46.1 Å². The van der Waals surface area contributed by atoms with E-state index in [0.29, 0.717) is 22.3 Å². The third-order valence-electron chi connectivity index (χ3n) is 4.86. The zero-order chi connectivity index (χ0) is 20.5. The molecule has 4 nitrogen and oxygen atoms in total. The lowest BCUT2D eigenvalue weighted by atomic mass is 10.1. The quantitative estimate of drug-likeness (QED) is 0.334. The second-order valence-corrected chi connectivity index (χ2v) is 8.33. The van der Waals surface area contributed by atoms with Gasteiger partial charge in [0.25, 0.3) is 5.91 Å². The normalized spacial score (nSPS) is 11.1. The van der Waals surface area contributed by atoms with E-state index in [9.17, 15) is 4.79 Å². The molecule has 0 radical (unpaired) electrons. The summed E-state index contributed by atoms with van der Waals surface area (Å²) >= 11 is 7.59. The second kappa shape index (κ2) is 7.86. The zero-order valence-corrected chi connectivity index (χ0v) is 17.4. The highest BCUT2D eigenvalue weighted by atomic mass is 35.5. The van der Waals surface area contributed by atoms with E-state index in [-0.39, 0.29) is 5.91 Å². The van der Waals surface area contributed by atoms with Crippen molar-refractivity contribution >= 4 is 55.0 Å². The van der Waals surface area contributed by atoms with Gasteiger partial charge in [0.15, 0.2) is 5.13 Å². The molecule has 0 fully saturated rings. The maximum absolute atomic E-state index is 13.6. The van der Waals surface area contributed by atoms with Gasteiger partial charge in [-0.05, 0) is 53.2 Å². The molecule has 0 aliphatic rings. The number of pyridine rings is 1. The number of hydrogen-bond acceptors (Lipinski definition) is 4. The van der Waals surface area contributed by atoms with Crippen LogP contribution in [0.25, 0.3) is 21.0 Å². The molecule has 1 amide bonds. The number of carbonyl (C=O) groups is 1. The van der Waals surface area contributed by atoms with E-state index in [1.807, 2.05) is 78.9 Å². The Morgan fingerprint density at radius 3 is 2.60 bits per heavy atom. The summed E-state index contributed by atoms with van der Waals surface area (Å²) < 4.78 is 0.940. The van der Waals surface area contributed by atoms with Crippen molar-refractivity contribution in [2.24, 2.45) is 0 Å². The molecule has 0 spiro atoms. The molecule has 0 saturated heterocycles. The van der Waals surface area contributed by atoms with Gasteiger partial charge in [-0.3, -0.25) is 14.7 Å². The van der Waals surface area contributed by atoms with Gasteiger partial charge in [-0.25, -0.2) is 4.98 Å². The molecule has 3 aromatic carbocycles. The van der Waals surface area contributed by atoms with Crippen LogP contribution in [0.1, 0.15) is 16.1 Å². The predicted molar refractivity (Wildman–Crippen MR) is 123 cm³/mol. The molecule has 2 heterocycles. The van der Waals surface area contributed by atoms with Gasteiger partial charge in [0.05, 0.1) is 22.5 Å². The number of aromatic nitrogens is 2. The molecular weight excluding hydrogens is 414 g/mol. The first kappa shape index (κ1) is 18.7. The van der Waals surface area contributed by atoms with Crippen LogP contribution in [0.3, 0.4) is 0 Å². The Bertz CT molecular complexity index is 1370. The van der Waals surface area contributed by atoms with Gasteiger partial charge in [0.2, 0.25) is 0 Å². The van der Waals surface area contributed by atoms with Crippen LogP contribution in [0.2, 0.25) is 5.02 Å². The predicted octanol–water partition coefficient (Wildman–Crippen LogP) is 6.34. The Morgan fingerprint density at radius 2 is 1.77 bits per heavy atom. The van der Waals surface area contributed by atoms with Gasteiger partial charge in [0.1, 0.15) is 0 Å². The number of nitrogens with zero attached hydrogens (tertiary/aromatic N) is 3. The maximum atomic E-state index is 13.6. The average molecular weight is 430 g/mol. The number of halogens is 1. The highest BCUT2D eigenvalue weighted by Gasteiger charge is 2.22. The van der Waals surface area contributed by atoms with Crippen molar-refractivity contribution in [3.63, 3.8) is 0 Å². The van der Waals surface area contributed by atoms with Crippen LogP contribution in [0.15, 0.2) is 85.1 Å². The summed E-state index contributed by atoms with van der Waals surface area (Å²) in [4.78, 5) is 24.4. The fourth-order valence-corrected chi connectivity index (χ4v) is 4.60. The number of hydrogen-bond donors (Lipinski definition) is 0. The second-order valence-electron chi connectivity index (χ2n) is 6.88. The molecule has 5 aromatic rings. The van der Waals surface area contributed by atoms with E-state index in [4.69, 9.17) is 16.6 Å². The Labute approximate surface area is 182 Å². The Hall–Kier alpha value is -3.28. The number of fused-ring (bicyclic) bond motifs is 2. The summed E-state index contributed by atoms with van der Waals surface area (Å²) in [7, 11) is 0. The summed E-state index contributed by atoms with van der Waals surface area (Å²) in [6.45, 7) is 0.333. The van der Waals surface area contributed by atoms with Crippen molar-refractivity contribution in [2.45, 2.75) is 6.54 Å². The van der Waals surface area contributed by atoms with Crippen molar-refractivity contribution in [1.29, 1.82) is 0 Å². The van der Waals surface area contributed by atoms with Gasteiger partial charge in [-0.2, -0.15) is 0 Å². The van der Waals surface area contributed by atoms with Crippen molar-refractivity contribution < 1.29 is 4.79 Å². The molecule has 2 aromatic heterocycles. The van der Waals surface area contributed by atoms with Crippen LogP contribution < -0.4 is 4.90 Å². The van der Waals surface area contributed by atoms with Crippen LogP contribution in [0.4, 0.5) is 5.13 Å². The Morgan fingerprint density at radius 1 is 0.933 bits per heavy atom. The molecular formula is C24H16ClN3OS. The summed E-state index contributed by atoms with van der Waals surface area (Å²) in [5.74, 6) is -0.114. The largest absolute Gasteiger partial charge is 0.278 e. The zero-order valence-electron chi connectivity index (χ0n) is 15.8. The lowest BCUT2D eigenvalue weighted by Gasteiger charge is -2.20. The molecule has 0 aliphatic carbocycles. The number of anilines is 1. The van der Waals surface area contributed by atoms with E-state index in [0.717, 1.165) is 26.7 Å². The minimum absolute atomic E-state index is 0.114. The lowest BCUT2D eigenvalue weighted by Crippen LogP contribution is -2.30. The average Bonchev–Trinajstić information content (AvgIpc) is 3.20.